The number of nitrogens with zero attached hydrogens (tertiary/aromatic N) is 1. The van der Waals surface area contributed by atoms with Gasteiger partial charge in [0.05, 0.1) is 4.92 Å². The highest BCUT2D eigenvalue weighted by Gasteiger charge is 2.24. The Hall–Kier alpha value is -2.09. The van der Waals surface area contributed by atoms with E-state index < -0.39 is 39.6 Å². The molecular formula is C12H5BrF3NO3. The number of hydrogen-bond acceptors (Lipinski definition) is 3. The maximum Gasteiger partial charge on any atom is 0.314 e. The van der Waals surface area contributed by atoms with Crippen molar-refractivity contribution in [1.82, 2.24) is 0 Å². The van der Waals surface area contributed by atoms with Crippen LogP contribution in [0.15, 0.2) is 34.8 Å². The van der Waals surface area contributed by atoms with Gasteiger partial charge in [-0.1, -0.05) is 15.9 Å². The molecule has 0 spiro atoms. The van der Waals surface area contributed by atoms with Crippen LogP contribution in [0.2, 0.25) is 0 Å². The van der Waals surface area contributed by atoms with Crippen LogP contribution in [-0.4, -0.2) is 4.92 Å². The molecule has 0 heterocycles. The maximum absolute atomic E-state index is 13.6. The van der Waals surface area contributed by atoms with Crippen molar-refractivity contribution in [2.45, 2.75) is 0 Å². The van der Waals surface area contributed by atoms with Gasteiger partial charge in [0.25, 0.3) is 0 Å². The van der Waals surface area contributed by atoms with E-state index in [-0.39, 0.29) is 0 Å². The van der Waals surface area contributed by atoms with E-state index in [1.807, 2.05) is 0 Å². The molecule has 0 aromatic heterocycles. The van der Waals surface area contributed by atoms with Gasteiger partial charge in [-0.05, 0) is 24.3 Å². The SMILES string of the molecule is O=[N+]([O-])c1ccc(F)c(F)c1Oc1cc(Br)ccc1F. The topological polar surface area (TPSA) is 52.4 Å². The van der Waals surface area contributed by atoms with Crippen molar-refractivity contribution in [2.75, 3.05) is 0 Å². The molecule has 2 aromatic rings. The van der Waals surface area contributed by atoms with Crippen LogP contribution in [0.4, 0.5) is 18.9 Å². The summed E-state index contributed by atoms with van der Waals surface area (Å²) in [5.74, 6) is -5.20. The summed E-state index contributed by atoms with van der Waals surface area (Å²) in [4.78, 5) is 9.81. The van der Waals surface area contributed by atoms with Crippen molar-refractivity contribution >= 4 is 21.6 Å². The summed E-state index contributed by atoms with van der Waals surface area (Å²) in [6.07, 6.45) is 0. The van der Waals surface area contributed by atoms with Crippen LogP contribution in [-0.2, 0) is 0 Å². The molecule has 4 nitrogen and oxygen atoms in total. The van der Waals surface area contributed by atoms with E-state index in [0.717, 1.165) is 18.2 Å². The normalized spacial score (nSPS) is 10.4. The first-order valence-electron chi connectivity index (χ1n) is 5.15. The highest BCUT2D eigenvalue weighted by Crippen LogP contribution is 2.36. The van der Waals surface area contributed by atoms with Crippen LogP contribution in [0.3, 0.4) is 0 Å². The Morgan fingerprint density at radius 3 is 2.40 bits per heavy atom. The van der Waals surface area contributed by atoms with Gasteiger partial charge in [-0.2, -0.15) is 4.39 Å². The van der Waals surface area contributed by atoms with Gasteiger partial charge in [-0.3, -0.25) is 10.1 Å². The Balaban J connectivity index is 2.55. The number of benzene rings is 2. The zero-order valence-electron chi connectivity index (χ0n) is 9.57. The molecular weight excluding hydrogens is 343 g/mol. The smallest absolute Gasteiger partial charge is 0.314 e. The van der Waals surface area contributed by atoms with E-state index >= 15 is 0 Å². The molecule has 0 N–H and O–H groups in total. The molecule has 0 bridgehead atoms. The largest absolute Gasteiger partial charge is 0.444 e. The molecule has 0 amide bonds. The second-order valence-electron chi connectivity index (χ2n) is 3.64. The van der Waals surface area contributed by atoms with Crippen molar-refractivity contribution in [3.63, 3.8) is 0 Å². The van der Waals surface area contributed by atoms with Gasteiger partial charge >= 0.3 is 5.69 Å². The van der Waals surface area contributed by atoms with Crippen molar-refractivity contribution in [1.29, 1.82) is 0 Å². The lowest BCUT2D eigenvalue weighted by Gasteiger charge is -2.09. The van der Waals surface area contributed by atoms with Crippen molar-refractivity contribution in [3.8, 4) is 11.5 Å². The van der Waals surface area contributed by atoms with E-state index in [2.05, 4.69) is 15.9 Å². The Labute approximate surface area is 119 Å². The average molecular weight is 348 g/mol. The van der Waals surface area contributed by atoms with E-state index in [9.17, 15) is 23.3 Å². The van der Waals surface area contributed by atoms with Gasteiger partial charge < -0.3 is 4.74 Å². The van der Waals surface area contributed by atoms with E-state index in [1.165, 1.54) is 6.07 Å². The van der Waals surface area contributed by atoms with Crippen LogP contribution < -0.4 is 4.74 Å². The molecule has 20 heavy (non-hydrogen) atoms. The van der Waals surface area contributed by atoms with E-state index in [4.69, 9.17) is 4.74 Å². The predicted molar refractivity (Wildman–Crippen MR) is 67.2 cm³/mol. The third kappa shape index (κ3) is 2.74. The number of hydrogen-bond donors (Lipinski definition) is 0. The summed E-state index contributed by atoms with van der Waals surface area (Å²) in [7, 11) is 0. The van der Waals surface area contributed by atoms with E-state index in [0.29, 0.717) is 10.5 Å². The zero-order valence-corrected chi connectivity index (χ0v) is 11.2. The summed E-state index contributed by atoms with van der Waals surface area (Å²) < 4.78 is 45.5. The Kier molecular flexibility index (Phi) is 3.93. The predicted octanol–water partition coefficient (Wildman–Crippen LogP) is 4.57. The van der Waals surface area contributed by atoms with Crippen molar-refractivity contribution in [3.05, 3.63) is 62.4 Å². The number of nitro groups is 1. The Morgan fingerprint density at radius 1 is 1.10 bits per heavy atom. The first kappa shape index (κ1) is 14.3. The lowest BCUT2D eigenvalue weighted by Crippen LogP contribution is -1.99. The maximum atomic E-state index is 13.6. The molecule has 2 aromatic carbocycles. The van der Waals surface area contributed by atoms with Crippen LogP contribution >= 0.6 is 15.9 Å². The first-order valence-corrected chi connectivity index (χ1v) is 5.94. The van der Waals surface area contributed by atoms with Gasteiger partial charge in [0.2, 0.25) is 11.6 Å². The van der Waals surface area contributed by atoms with Gasteiger partial charge in [-0.15, -0.1) is 0 Å². The first-order chi connectivity index (χ1) is 9.40. The number of ether oxygens (including phenoxy) is 1. The Bertz CT molecular complexity index is 694. The standard InChI is InChI=1S/C12H5BrF3NO3/c13-6-1-2-7(14)10(5-6)20-12-9(17(18)19)4-3-8(15)11(12)16/h1-5H. The van der Waals surface area contributed by atoms with Crippen LogP contribution in [0.1, 0.15) is 0 Å². The van der Waals surface area contributed by atoms with Crippen LogP contribution in [0.25, 0.3) is 0 Å². The highest BCUT2D eigenvalue weighted by atomic mass is 79.9. The minimum atomic E-state index is -1.56. The minimum Gasteiger partial charge on any atom is -0.444 e. The molecule has 0 radical (unpaired) electrons. The molecule has 104 valence electrons. The highest BCUT2D eigenvalue weighted by molar-refractivity contribution is 9.10. The lowest BCUT2D eigenvalue weighted by molar-refractivity contribution is -0.385. The second-order valence-corrected chi connectivity index (χ2v) is 4.56. The fourth-order valence-corrected chi connectivity index (χ4v) is 1.77. The quantitative estimate of drug-likeness (QED) is 0.603. The summed E-state index contributed by atoms with van der Waals surface area (Å²) in [5.41, 5.74) is -0.803. The minimum absolute atomic E-state index is 0.411. The molecule has 0 aliphatic rings. The molecule has 8 heteroatoms. The summed E-state index contributed by atoms with van der Waals surface area (Å²) in [6.45, 7) is 0. The summed E-state index contributed by atoms with van der Waals surface area (Å²) in [6, 6.07) is 4.85. The van der Waals surface area contributed by atoms with Crippen molar-refractivity contribution in [2.24, 2.45) is 0 Å². The van der Waals surface area contributed by atoms with Gasteiger partial charge in [0.1, 0.15) is 0 Å². The fraction of sp³-hybridized carbons (Fsp3) is 0. The lowest BCUT2D eigenvalue weighted by atomic mass is 10.2. The van der Waals surface area contributed by atoms with Crippen molar-refractivity contribution < 1.29 is 22.8 Å². The molecule has 0 aliphatic carbocycles. The van der Waals surface area contributed by atoms with E-state index in [1.54, 1.807) is 0 Å². The van der Waals surface area contributed by atoms with Crippen LogP contribution in [0.5, 0.6) is 11.5 Å². The van der Waals surface area contributed by atoms with Gasteiger partial charge in [0.15, 0.2) is 17.4 Å². The fourth-order valence-electron chi connectivity index (χ4n) is 1.43. The summed E-state index contributed by atoms with van der Waals surface area (Å²) in [5, 5.41) is 10.8. The average Bonchev–Trinajstić information content (AvgIpc) is 2.39. The molecule has 2 rings (SSSR count). The number of nitro benzene ring substituents is 1. The third-order valence-corrected chi connectivity index (χ3v) is 2.82. The molecule has 0 aliphatic heterocycles. The monoisotopic (exact) mass is 347 g/mol. The van der Waals surface area contributed by atoms with Gasteiger partial charge in [-0.25, -0.2) is 8.78 Å². The summed E-state index contributed by atoms with van der Waals surface area (Å²) >= 11 is 3.04. The Morgan fingerprint density at radius 2 is 1.75 bits per heavy atom. The third-order valence-electron chi connectivity index (χ3n) is 2.33. The van der Waals surface area contributed by atoms with Crippen LogP contribution in [0, 0.1) is 27.6 Å². The molecule has 0 saturated carbocycles. The van der Waals surface area contributed by atoms with Gasteiger partial charge in [0, 0.05) is 10.5 Å². The zero-order chi connectivity index (χ0) is 14.9. The molecule has 0 saturated heterocycles. The number of halogens is 4. The second kappa shape index (κ2) is 5.49. The molecule has 0 unspecified atom stereocenters. The number of rotatable bonds is 3. The molecule has 0 atom stereocenters. The molecule has 0 fully saturated rings.